The lowest BCUT2D eigenvalue weighted by Gasteiger charge is -2.04. The van der Waals surface area contributed by atoms with E-state index in [-0.39, 0.29) is 11.7 Å². The number of nitrogens with zero attached hydrogens (tertiary/aromatic N) is 4. The second-order valence-electron chi connectivity index (χ2n) is 2.98. The molecule has 2 heterocycles. The van der Waals surface area contributed by atoms with Crippen LogP contribution in [-0.2, 0) is 9.53 Å². The van der Waals surface area contributed by atoms with Crippen molar-refractivity contribution in [2.24, 2.45) is 0 Å². The van der Waals surface area contributed by atoms with Crippen LogP contribution in [0, 0.1) is 0 Å². The molecule has 6 nitrogen and oxygen atoms in total. The SMILES string of the molecule is CCOC(=O)CSc1cc(Cl)nc2ncnn12. The van der Waals surface area contributed by atoms with Crippen LogP contribution in [0.25, 0.3) is 5.78 Å². The smallest absolute Gasteiger partial charge is 0.316 e. The largest absolute Gasteiger partial charge is 0.465 e. The molecule has 0 atom stereocenters. The standard InChI is InChI=1S/C9H9ClN4O2S/c1-2-16-8(15)4-17-7-3-6(10)13-9-11-5-12-14(7)9/h3,5H,2,4H2,1H3. The molecule has 2 aromatic heterocycles. The number of thioether (sulfide) groups is 1. The van der Waals surface area contributed by atoms with E-state index in [1.54, 1.807) is 13.0 Å². The van der Waals surface area contributed by atoms with Gasteiger partial charge in [0.1, 0.15) is 16.5 Å². The van der Waals surface area contributed by atoms with E-state index in [0.29, 0.717) is 22.6 Å². The maximum absolute atomic E-state index is 11.2. The normalized spacial score (nSPS) is 10.7. The lowest BCUT2D eigenvalue weighted by atomic mass is 10.7. The van der Waals surface area contributed by atoms with Gasteiger partial charge in [-0.3, -0.25) is 4.79 Å². The highest BCUT2D eigenvalue weighted by molar-refractivity contribution is 7.99. The summed E-state index contributed by atoms with van der Waals surface area (Å²) < 4.78 is 6.36. The van der Waals surface area contributed by atoms with Crippen molar-refractivity contribution < 1.29 is 9.53 Å². The summed E-state index contributed by atoms with van der Waals surface area (Å²) in [7, 11) is 0. The first-order chi connectivity index (χ1) is 8.20. The topological polar surface area (TPSA) is 69.4 Å². The molecule has 8 heteroatoms. The van der Waals surface area contributed by atoms with Crippen LogP contribution in [0.1, 0.15) is 6.92 Å². The van der Waals surface area contributed by atoms with Gasteiger partial charge in [0.2, 0.25) is 0 Å². The Hall–Kier alpha value is -1.34. The molecular weight excluding hydrogens is 264 g/mol. The summed E-state index contributed by atoms with van der Waals surface area (Å²) in [5.41, 5.74) is 0. The average Bonchev–Trinajstić information content (AvgIpc) is 2.74. The molecule has 17 heavy (non-hydrogen) atoms. The van der Waals surface area contributed by atoms with E-state index in [2.05, 4.69) is 15.1 Å². The molecule has 2 rings (SSSR count). The van der Waals surface area contributed by atoms with E-state index in [1.165, 1.54) is 22.6 Å². The highest BCUT2D eigenvalue weighted by Gasteiger charge is 2.09. The molecule has 0 aliphatic heterocycles. The third-order valence-electron chi connectivity index (χ3n) is 1.83. The fourth-order valence-corrected chi connectivity index (χ4v) is 2.24. The van der Waals surface area contributed by atoms with Crippen LogP contribution in [0.15, 0.2) is 17.4 Å². The molecular formula is C9H9ClN4O2S. The summed E-state index contributed by atoms with van der Waals surface area (Å²) in [5, 5.41) is 5.01. The summed E-state index contributed by atoms with van der Waals surface area (Å²) >= 11 is 7.11. The lowest BCUT2D eigenvalue weighted by Crippen LogP contribution is -2.07. The molecule has 0 aliphatic carbocycles. The number of rotatable bonds is 4. The number of aromatic nitrogens is 4. The van der Waals surface area contributed by atoms with Crippen LogP contribution in [0.4, 0.5) is 0 Å². The molecule has 0 bridgehead atoms. The maximum Gasteiger partial charge on any atom is 0.316 e. The molecule has 90 valence electrons. The van der Waals surface area contributed by atoms with Gasteiger partial charge < -0.3 is 4.74 Å². The Morgan fingerprint density at radius 3 is 3.24 bits per heavy atom. The minimum absolute atomic E-state index is 0.198. The van der Waals surface area contributed by atoms with Gasteiger partial charge in [0, 0.05) is 6.07 Å². The van der Waals surface area contributed by atoms with Crippen LogP contribution in [0.3, 0.4) is 0 Å². The monoisotopic (exact) mass is 272 g/mol. The van der Waals surface area contributed by atoms with E-state index in [9.17, 15) is 4.79 Å². The summed E-state index contributed by atoms with van der Waals surface area (Å²) in [6, 6.07) is 1.63. The van der Waals surface area contributed by atoms with E-state index < -0.39 is 0 Å². The van der Waals surface area contributed by atoms with Crippen molar-refractivity contribution in [3.63, 3.8) is 0 Å². The van der Waals surface area contributed by atoms with Gasteiger partial charge in [0.15, 0.2) is 0 Å². The van der Waals surface area contributed by atoms with Gasteiger partial charge in [0.25, 0.3) is 5.78 Å². The van der Waals surface area contributed by atoms with Crippen LogP contribution in [0.5, 0.6) is 0 Å². The summed E-state index contributed by atoms with van der Waals surface area (Å²) in [6.45, 7) is 2.14. The molecule has 0 spiro atoms. The van der Waals surface area contributed by atoms with Crippen LogP contribution < -0.4 is 0 Å². The molecule has 0 radical (unpaired) electrons. The fraction of sp³-hybridized carbons (Fsp3) is 0.333. The first-order valence-corrected chi connectivity index (χ1v) is 6.21. The maximum atomic E-state index is 11.2. The Labute approximate surface area is 106 Å². The van der Waals surface area contributed by atoms with Gasteiger partial charge >= 0.3 is 5.97 Å². The number of hydrogen-bond acceptors (Lipinski definition) is 6. The zero-order chi connectivity index (χ0) is 12.3. The second kappa shape index (κ2) is 5.33. The third-order valence-corrected chi connectivity index (χ3v) is 2.99. The Morgan fingerprint density at radius 1 is 1.65 bits per heavy atom. The van der Waals surface area contributed by atoms with Crippen molar-refractivity contribution in [3.05, 3.63) is 17.5 Å². The third kappa shape index (κ3) is 2.86. The van der Waals surface area contributed by atoms with Gasteiger partial charge in [0.05, 0.1) is 12.4 Å². The average molecular weight is 273 g/mol. The van der Waals surface area contributed by atoms with Gasteiger partial charge in [-0.2, -0.15) is 19.6 Å². The Morgan fingerprint density at radius 2 is 2.47 bits per heavy atom. The zero-order valence-corrected chi connectivity index (χ0v) is 10.5. The van der Waals surface area contributed by atoms with Crippen LogP contribution in [-0.4, -0.2) is 37.9 Å². The van der Waals surface area contributed by atoms with Crippen molar-refractivity contribution >= 4 is 35.1 Å². The first-order valence-electron chi connectivity index (χ1n) is 4.85. The number of fused-ring (bicyclic) bond motifs is 1. The summed E-state index contributed by atoms with van der Waals surface area (Å²) in [5.74, 6) is 0.325. The number of halogens is 1. The fourth-order valence-electron chi connectivity index (χ4n) is 1.20. The Bertz CT molecular complexity index is 545. The number of esters is 1. The minimum Gasteiger partial charge on any atom is -0.465 e. The van der Waals surface area contributed by atoms with E-state index in [0.717, 1.165) is 0 Å². The van der Waals surface area contributed by atoms with E-state index in [1.807, 2.05) is 0 Å². The van der Waals surface area contributed by atoms with Gasteiger partial charge in [-0.05, 0) is 6.92 Å². The minimum atomic E-state index is -0.279. The first kappa shape index (κ1) is 12.1. The predicted molar refractivity (Wildman–Crippen MR) is 63.1 cm³/mol. The molecule has 0 aromatic carbocycles. The highest BCUT2D eigenvalue weighted by Crippen LogP contribution is 2.21. The second-order valence-corrected chi connectivity index (χ2v) is 4.37. The molecule has 0 fully saturated rings. The van der Waals surface area contributed by atoms with E-state index in [4.69, 9.17) is 16.3 Å². The van der Waals surface area contributed by atoms with Crippen molar-refractivity contribution in [3.8, 4) is 0 Å². The Balaban J connectivity index is 2.17. The van der Waals surface area contributed by atoms with Gasteiger partial charge in [-0.25, -0.2) is 0 Å². The van der Waals surface area contributed by atoms with Crippen LogP contribution >= 0.6 is 23.4 Å². The Kier molecular flexibility index (Phi) is 3.80. The van der Waals surface area contributed by atoms with Gasteiger partial charge in [-0.15, -0.1) is 0 Å². The number of hydrogen-bond donors (Lipinski definition) is 0. The molecule has 2 aromatic rings. The van der Waals surface area contributed by atoms with E-state index >= 15 is 0 Å². The van der Waals surface area contributed by atoms with Crippen molar-refractivity contribution in [1.82, 2.24) is 19.6 Å². The van der Waals surface area contributed by atoms with Crippen molar-refractivity contribution in [1.29, 1.82) is 0 Å². The number of carbonyl (C=O) groups is 1. The van der Waals surface area contributed by atoms with Crippen LogP contribution in [0.2, 0.25) is 5.15 Å². The van der Waals surface area contributed by atoms with Gasteiger partial charge in [-0.1, -0.05) is 23.4 Å². The molecule has 0 saturated carbocycles. The molecule has 0 amide bonds. The summed E-state index contributed by atoms with van der Waals surface area (Å²) in [4.78, 5) is 19.2. The zero-order valence-electron chi connectivity index (χ0n) is 8.96. The van der Waals surface area contributed by atoms with Crippen molar-refractivity contribution in [2.75, 3.05) is 12.4 Å². The lowest BCUT2D eigenvalue weighted by molar-refractivity contribution is -0.139. The summed E-state index contributed by atoms with van der Waals surface area (Å²) in [6.07, 6.45) is 1.38. The molecule has 0 N–H and O–H groups in total. The highest BCUT2D eigenvalue weighted by atomic mass is 35.5. The number of carbonyl (C=O) groups excluding carboxylic acids is 1. The quantitative estimate of drug-likeness (QED) is 0.476. The molecule has 0 aliphatic rings. The molecule has 0 unspecified atom stereocenters. The number of ether oxygens (including phenoxy) is 1. The predicted octanol–water partition coefficient (Wildman–Crippen LogP) is 1.43. The van der Waals surface area contributed by atoms with Crippen molar-refractivity contribution in [2.45, 2.75) is 11.9 Å². The molecule has 0 saturated heterocycles.